The molecular weight excluding hydrogens is 318 g/mol. The normalized spacial score (nSPS) is 25.3. The summed E-state index contributed by atoms with van der Waals surface area (Å²) in [5.74, 6) is 0.115. The van der Waals surface area contributed by atoms with Gasteiger partial charge in [0.2, 0.25) is 0 Å². The predicted octanol–water partition coefficient (Wildman–Crippen LogP) is 1.62. The van der Waals surface area contributed by atoms with Gasteiger partial charge in [0.25, 0.3) is 0 Å². The van der Waals surface area contributed by atoms with Crippen LogP contribution in [-0.2, 0) is 4.74 Å². The SMILES string of the molecule is CC(C)(C)OC(=O)N1CC2CC(C#N)CN2C(/C=C(\N)Cl)=C1N. The molecule has 0 saturated carbocycles. The third-order valence-corrected chi connectivity index (χ3v) is 3.85. The summed E-state index contributed by atoms with van der Waals surface area (Å²) in [6.07, 6.45) is 1.65. The van der Waals surface area contributed by atoms with Crippen molar-refractivity contribution in [2.75, 3.05) is 13.1 Å². The maximum atomic E-state index is 12.4. The zero-order valence-electron chi connectivity index (χ0n) is 13.5. The summed E-state index contributed by atoms with van der Waals surface area (Å²) >= 11 is 5.79. The fraction of sp³-hybridized carbons (Fsp3) is 0.600. The quantitative estimate of drug-likeness (QED) is 0.703. The second kappa shape index (κ2) is 6.20. The Morgan fingerprint density at radius 3 is 2.65 bits per heavy atom. The first-order chi connectivity index (χ1) is 10.6. The van der Waals surface area contributed by atoms with Gasteiger partial charge in [-0.15, -0.1) is 0 Å². The van der Waals surface area contributed by atoms with Crippen LogP contribution in [-0.4, -0.2) is 40.6 Å². The number of amides is 1. The first-order valence-electron chi connectivity index (χ1n) is 7.41. The first-order valence-corrected chi connectivity index (χ1v) is 7.79. The third-order valence-electron chi connectivity index (χ3n) is 3.74. The van der Waals surface area contributed by atoms with Crippen molar-refractivity contribution in [2.45, 2.75) is 38.8 Å². The van der Waals surface area contributed by atoms with Crippen LogP contribution < -0.4 is 11.5 Å². The number of fused-ring (bicyclic) bond motifs is 1. The molecule has 0 aromatic rings. The number of hydrogen-bond acceptors (Lipinski definition) is 6. The maximum Gasteiger partial charge on any atom is 0.416 e. The smallest absolute Gasteiger partial charge is 0.416 e. The second-order valence-electron chi connectivity index (χ2n) is 6.76. The fourth-order valence-electron chi connectivity index (χ4n) is 2.85. The van der Waals surface area contributed by atoms with Crippen molar-refractivity contribution in [1.82, 2.24) is 9.80 Å². The van der Waals surface area contributed by atoms with Gasteiger partial charge in [-0.2, -0.15) is 5.26 Å². The lowest BCUT2D eigenvalue weighted by Gasteiger charge is -2.39. The molecule has 1 saturated heterocycles. The van der Waals surface area contributed by atoms with Crippen molar-refractivity contribution in [3.8, 4) is 6.07 Å². The minimum atomic E-state index is -0.624. The van der Waals surface area contributed by atoms with Gasteiger partial charge in [0.05, 0.1) is 24.2 Å². The minimum Gasteiger partial charge on any atom is -0.443 e. The number of nitrogens with two attached hydrogens (primary N) is 2. The lowest BCUT2D eigenvalue weighted by molar-refractivity contribution is 0.0244. The summed E-state index contributed by atoms with van der Waals surface area (Å²) in [7, 11) is 0. The minimum absolute atomic E-state index is 0.0123. The second-order valence-corrected chi connectivity index (χ2v) is 7.19. The third kappa shape index (κ3) is 3.82. The Morgan fingerprint density at radius 1 is 1.48 bits per heavy atom. The molecule has 126 valence electrons. The average molecular weight is 340 g/mol. The van der Waals surface area contributed by atoms with Crippen LogP contribution >= 0.6 is 11.6 Å². The summed E-state index contributed by atoms with van der Waals surface area (Å²) in [5.41, 5.74) is 11.7. The van der Waals surface area contributed by atoms with Crippen LogP contribution in [0.25, 0.3) is 0 Å². The molecule has 1 amide bonds. The van der Waals surface area contributed by atoms with Crippen molar-refractivity contribution in [3.63, 3.8) is 0 Å². The molecule has 23 heavy (non-hydrogen) atoms. The van der Waals surface area contributed by atoms with Crippen molar-refractivity contribution in [1.29, 1.82) is 5.26 Å². The Bertz CT molecular complexity index is 598. The zero-order valence-corrected chi connectivity index (χ0v) is 14.3. The summed E-state index contributed by atoms with van der Waals surface area (Å²) in [4.78, 5) is 15.8. The zero-order chi connectivity index (χ0) is 17.4. The molecule has 2 atom stereocenters. The number of allylic oxidation sites excluding steroid dienone is 1. The first kappa shape index (κ1) is 17.3. The Morgan fingerprint density at radius 2 is 2.13 bits per heavy atom. The Hall–Kier alpha value is -2.07. The highest BCUT2D eigenvalue weighted by atomic mass is 35.5. The van der Waals surface area contributed by atoms with Crippen LogP contribution in [0.1, 0.15) is 27.2 Å². The van der Waals surface area contributed by atoms with E-state index in [2.05, 4.69) is 6.07 Å². The van der Waals surface area contributed by atoms with E-state index in [4.69, 9.17) is 27.8 Å². The number of hydrogen-bond donors (Lipinski definition) is 2. The maximum absolute atomic E-state index is 12.4. The molecule has 0 bridgehead atoms. The lowest BCUT2D eigenvalue weighted by atomic mass is 10.1. The van der Waals surface area contributed by atoms with Gasteiger partial charge in [-0.1, -0.05) is 11.6 Å². The molecule has 2 heterocycles. The highest BCUT2D eigenvalue weighted by molar-refractivity contribution is 6.29. The van der Waals surface area contributed by atoms with E-state index < -0.39 is 11.7 Å². The number of ether oxygens (including phenoxy) is 1. The molecular formula is C15H22ClN5O2. The molecule has 2 aliphatic rings. The molecule has 1 fully saturated rings. The van der Waals surface area contributed by atoms with Gasteiger partial charge >= 0.3 is 6.09 Å². The largest absolute Gasteiger partial charge is 0.443 e. The van der Waals surface area contributed by atoms with Crippen LogP contribution in [0.4, 0.5) is 4.79 Å². The number of nitrogens with zero attached hydrogens (tertiary/aromatic N) is 3. The van der Waals surface area contributed by atoms with Gasteiger partial charge in [0.15, 0.2) is 0 Å². The van der Waals surface area contributed by atoms with Crippen molar-refractivity contribution in [2.24, 2.45) is 17.4 Å². The summed E-state index contributed by atoms with van der Waals surface area (Å²) < 4.78 is 5.41. The summed E-state index contributed by atoms with van der Waals surface area (Å²) in [6.45, 7) is 6.29. The van der Waals surface area contributed by atoms with E-state index in [9.17, 15) is 10.1 Å². The molecule has 0 spiro atoms. The van der Waals surface area contributed by atoms with Gasteiger partial charge in [0, 0.05) is 12.6 Å². The van der Waals surface area contributed by atoms with E-state index in [1.807, 2.05) is 4.90 Å². The number of halogens is 1. The standard InChI is InChI=1S/C15H22ClN5O2/c1-15(2,3)23-14(22)21-8-10-4-9(6-17)7-20(10)11(13(21)19)5-12(16)18/h5,9-10H,4,7-8,18-19H2,1-3H3/b12-5-. The molecule has 4 N–H and O–H groups in total. The van der Waals surface area contributed by atoms with Crippen LogP contribution in [0.5, 0.6) is 0 Å². The van der Waals surface area contributed by atoms with Crippen LogP contribution in [0.2, 0.25) is 0 Å². The lowest BCUT2D eigenvalue weighted by Crippen LogP contribution is -2.51. The molecule has 7 nitrogen and oxygen atoms in total. The van der Waals surface area contributed by atoms with Gasteiger partial charge in [-0.25, -0.2) is 4.79 Å². The van der Waals surface area contributed by atoms with E-state index in [1.54, 1.807) is 20.8 Å². The predicted molar refractivity (Wildman–Crippen MR) is 86.5 cm³/mol. The van der Waals surface area contributed by atoms with Crippen LogP contribution in [0.15, 0.2) is 22.8 Å². The molecule has 0 aromatic heterocycles. The fourth-order valence-corrected chi connectivity index (χ4v) is 2.95. The molecule has 2 aliphatic heterocycles. The molecule has 2 unspecified atom stereocenters. The van der Waals surface area contributed by atoms with Gasteiger partial charge < -0.3 is 21.1 Å². The van der Waals surface area contributed by atoms with E-state index >= 15 is 0 Å². The van der Waals surface area contributed by atoms with Gasteiger partial charge in [-0.3, -0.25) is 4.90 Å². The van der Waals surface area contributed by atoms with Crippen LogP contribution in [0, 0.1) is 17.2 Å². The summed E-state index contributed by atoms with van der Waals surface area (Å²) in [6, 6.07) is 2.25. The molecule has 8 heteroatoms. The number of nitriles is 1. The number of carbonyl (C=O) groups excluding carboxylic acids is 1. The molecule has 0 aromatic carbocycles. The Kier molecular flexibility index (Phi) is 4.66. The van der Waals surface area contributed by atoms with Crippen molar-refractivity contribution in [3.05, 3.63) is 22.8 Å². The molecule has 0 aliphatic carbocycles. The van der Waals surface area contributed by atoms with E-state index in [1.165, 1.54) is 11.0 Å². The Labute approximate surface area is 141 Å². The van der Waals surface area contributed by atoms with E-state index in [0.29, 0.717) is 25.2 Å². The van der Waals surface area contributed by atoms with E-state index in [0.717, 1.165) is 0 Å². The van der Waals surface area contributed by atoms with Gasteiger partial charge in [0.1, 0.15) is 16.6 Å². The molecule has 0 radical (unpaired) electrons. The number of carbonyl (C=O) groups is 1. The monoisotopic (exact) mass is 339 g/mol. The highest BCUT2D eigenvalue weighted by Gasteiger charge is 2.41. The average Bonchev–Trinajstić information content (AvgIpc) is 2.82. The van der Waals surface area contributed by atoms with E-state index in [-0.39, 0.29) is 22.9 Å². The van der Waals surface area contributed by atoms with Crippen molar-refractivity contribution >= 4 is 17.7 Å². The molecule has 2 rings (SSSR count). The number of rotatable bonds is 1. The van der Waals surface area contributed by atoms with Crippen molar-refractivity contribution < 1.29 is 9.53 Å². The highest BCUT2D eigenvalue weighted by Crippen LogP contribution is 2.34. The Balaban J connectivity index is 2.36. The van der Waals surface area contributed by atoms with Gasteiger partial charge in [-0.05, 0) is 33.3 Å². The summed E-state index contributed by atoms with van der Waals surface area (Å²) in [5, 5.41) is 9.24. The topological polar surface area (TPSA) is 109 Å². The van der Waals surface area contributed by atoms with Crippen LogP contribution in [0.3, 0.4) is 0 Å².